The highest BCUT2D eigenvalue weighted by Gasteiger charge is 2.13. The van der Waals surface area contributed by atoms with Crippen molar-refractivity contribution < 1.29 is 0 Å². The van der Waals surface area contributed by atoms with Gasteiger partial charge in [-0.15, -0.1) is 0 Å². The van der Waals surface area contributed by atoms with Crippen LogP contribution >= 0.6 is 35.4 Å². The molecule has 0 unspecified atom stereocenters. The summed E-state index contributed by atoms with van der Waals surface area (Å²) in [6.07, 6.45) is 1.79. The van der Waals surface area contributed by atoms with E-state index < -0.39 is 0 Å². The Labute approximate surface area is 167 Å². The fourth-order valence-electron chi connectivity index (χ4n) is 3.09. The molecule has 2 heterocycles. The van der Waals surface area contributed by atoms with E-state index in [4.69, 9.17) is 35.4 Å². The van der Waals surface area contributed by atoms with Gasteiger partial charge >= 0.3 is 0 Å². The third kappa shape index (κ3) is 3.49. The summed E-state index contributed by atoms with van der Waals surface area (Å²) in [5, 5.41) is 12.6. The van der Waals surface area contributed by atoms with Gasteiger partial charge in [0.15, 0.2) is 5.82 Å². The summed E-state index contributed by atoms with van der Waals surface area (Å²) in [4.78, 5) is 0. The van der Waals surface area contributed by atoms with Gasteiger partial charge in [-0.3, -0.25) is 0 Å². The van der Waals surface area contributed by atoms with Crippen LogP contribution in [0, 0.1) is 18.6 Å². The van der Waals surface area contributed by atoms with Gasteiger partial charge in [0.25, 0.3) is 0 Å². The van der Waals surface area contributed by atoms with Crippen LogP contribution < -0.4 is 0 Å². The number of nitrogens with one attached hydrogen (secondary N) is 1. The molecule has 1 aromatic carbocycles. The molecule has 0 aliphatic carbocycles. The minimum atomic E-state index is 0.386. The first-order valence-corrected chi connectivity index (χ1v) is 9.31. The van der Waals surface area contributed by atoms with Gasteiger partial charge in [0.2, 0.25) is 4.77 Å². The highest BCUT2D eigenvalue weighted by molar-refractivity contribution is 7.71. The lowest BCUT2D eigenvalue weighted by atomic mass is 10.2. The molecule has 0 amide bonds. The average molecular weight is 408 g/mol. The molecule has 0 saturated heterocycles. The maximum atomic E-state index is 6.31. The SMILES string of the molecule is Cc1cc(/C=N\n2c(-c3ccc(Cl)cc3Cl)n[nH]c2=S)c(C)n1C(C)C. The van der Waals surface area contributed by atoms with E-state index in [2.05, 4.69) is 53.6 Å². The molecule has 0 spiro atoms. The van der Waals surface area contributed by atoms with Crippen LogP contribution in [-0.4, -0.2) is 25.7 Å². The molecule has 1 N–H and O–H groups in total. The Balaban J connectivity index is 2.05. The monoisotopic (exact) mass is 407 g/mol. The molecule has 0 aliphatic rings. The summed E-state index contributed by atoms with van der Waals surface area (Å²) in [7, 11) is 0. The predicted molar refractivity (Wildman–Crippen MR) is 110 cm³/mol. The number of aromatic nitrogens is 4. The summed E-state index contributed by atoms with van der Waals surface area (Å²) in [6.45, 7) is 8.49. The predicted octanol–water partition coefficient (Wildman–Crippen LogP) is 5.80. The van der Waals surface area contributed by atoms with Gasteiger partial charge in [0, 0.05) is 33.6 Å². The van der Waals surface area contributed by atoms with Crippen molar-refractivity contribution in [1.29, 1.82) is 0 Å². The van der Waals surface area contributed by atoms with Crippen LogP contribution in [0.2, 0.25) is 10.0 Å². The third-order valence-corrected chi connectivity index (χ3v) is 4.99. The molecule has 5 nitrogen and oxygen atoms in total. The normalized spacial score (nSPS) is 11.8. The van der Waals surface area contributed by atoms with E-state index in [-0.39, 0.29) is 0 Å². The molecular weight excluding hydrogens is 389 g/mol. The molecule has 8 heteroatoms. The molecule has 0 bridgehead atoms. The smallest absolute Gasteiger partial charge is 0.216 e. The van der Waals surface area contributed by atoms with Gasteiger partial charge in [-0.25, -0.2) is 5.10 Å². The fourth-order valence-corrected chi connectivity index (χ4v) is 3.76. The van der Waals surface area contributed by atoms with E-state index in [1.54, 1.807) is 29.1 Å². The Hall–Kier alpha value is -1.89. The molecule has 0 radical (unpaired) electrons. The molecule has 136 valence electrons. The fraction of sp³-hybridized carbons (Fsp3) is 0.278. The Morgan fingerprint density at radius 1 is 1.23 bits per heavy atom. The van der Waals surface area contributed by atoms with Crippen molar-refractivity contribution in [2.24, 2.45) is 5.10 Å². The highest BCUT2D eigenvalue weighted by atomic mass is 35.5. The second-order valence-corrected chi connectivity index (χ2v) is 7.55. The number of H-pyrrole nitrogens is 1. The highest BCUT2D eigenvalue weighted by Crippen LogP contribution is 2.29. The first-order chi connectivity index (χ1) is 12.3. The van der Waals surface area contributed by atoms with Gasteiger partial charge in [0.1, 0.15) is 0 Å². The van der Waals surface area contributed by atoms with E-state index in [9.17, 15) is 0 Å². The quantitative estimate of drug-likeness (QED) is 0.438. The summed E-state index contributed by atoms with van der Waals surface area (Å²) in [5.41, 5.74) is 4.08. The molecular formula is C18H19Cl2N5S. The number of aryl methyl sites for hydroxylation is 1. The number of nitrogens with zero attached hydrogens (tertiary/aromatic N) is 4. The largest absolute Gasteiger partial charge is 0.346 e. The zero-order valence-electron chi connectivity index (χ0n) is 14.9. The Kier molecular flexibility index (Phi) is 5.37. The van der Waals surface area contributed by atoms with Gasteiger partial charge in [-0.05, 0) is 64.2 Å². The van der Waals surface area contributed by atoms with Gasteiger partial charge < -0.3 is 4.57 Å². The molecule has 0 atom stereocenters. The van der Waals surface area contributed by atoms with E-state index >= 15 is 0 Å². The van der Waals surface area contributed by atoms with Crippen molar-refractivity contribution in [2.45, 2.75) is 33.7 Å². The minimum Gasteiger partial charge on any atom is -0.346 e. The topological polar surface area (TPSA) is 50.9 Å². The average Bonchev–Trinajstić information content (AvgIpc) is 3.05. The summed E-state index contributed by atoms with van der Waals surface area (Å²) in [6, 6.07) is 7.71. The zero-order chi connectivity index (χ0) is 19.0. The number of hydrogen-bond donors (Lipinski definition) is 1. The van der Waals surface area contributed by atoms with E-state index in [0.29, 0.717) is 32.2 Å². The molecule has 26 heavy (non-hydrogen) atoms. The first-order valence-electron chi connectivity index (χ1n) is 8.15. The summed E-state index contributed by atoms with van der Waals surface area (Å²) in [5.74, 6) is 0.533. The summed E-state index contributed by atoms with van der Waals surface area (Å²) < 4.78 is 4.22. The number of hydrogen-bond acceptors (Lipinski definition) is 3. The van der Waals surface area contributed by atoms with Crippen LogP contribution in [0.3, 0.4) is 0 Å². The second kappa shape index (κ2) is 7.39. The van der Waals surface area contributed by atoms with Crippen molar-refractivity contribution in [2.75, 3.05) is 0 Å². The lowest BCUT2D eigenvalue weighted by Crippen LogP contribution is -2.05. The maximum absolute atomic E-state index is 6.31. The number of rotatable bonds is 4. The van der Waals surface area contributed by atoms with Gasteiger partial charge in [0.05, 0.1) is 11.2 Å². The van der Waals surface area contributed by atoms with Crippen LogP contribution in [0.15, 0.2) is 29.4 Å². The van der Waals surface area contributed by atoms with Crippen molar-refractivity contribution in [3.8, 4) is 11.4 Å². The first kappa shape index (κ1) is 18.9. The van der Waals surface area contributed by atoms with E-state index in [1.165, 1.54) is 5.69 Å². The van der Waals surface area contributed by atoms with Crippen molar-refractivity contribution >= 4 is 41.6 Å². The molecule has 3 aromatic rings. The lowest BCUT2D eigenvalue weighted by molar-refractivity contribution is 0.574. The molecule has 2 aromatic heterocycles. The van der Waals surface area contributed by atoms with E-state index in [1.807, 2.05) is 0 Å². The van der Waals surface area contributed by atoms with Crippen molar-refractivity contribution in [3.63, 3.8) is 0 Å². The number of halogens is 2. The Bertz CT molecular complexity index is 1040. The number of aromatic amines is 1. The Morgan fingerprint density at radius 3 is 2.58 bits per heavy atom. The van der Waals surface area contributed by atoms with Crippen LogP contribution in [-0.2, 0) is 0 Å². The standard InChI is InChI=1S/C18H19Cl2N5S/c1-10(2)24-11(3)7-13(12(24)4)9-21-25-17(22-23-18(25)26)15-6-5-14(19)8-16(15)20/h5-10H,1-4H3,(H,23,26)/b21-9-. The molecule has 0 aliphatic heterocycles. The number of benzene rings is 1. The minimum absolute atomic E-state index is 0.386. The molecule has 3 rings (SSSR count). The Morgan fingerprint density at radius 2 is 1.96 bits per heavy atom. The summed E-state index contributed by atoms with van der Waals surface area (Å²) >= 11 is 17.6. The maximum Gasteiger partial charge on any atom is 0.216 e. The van der Waals surface area contributed by atoms with Crippen molar-refractivity contribution in [3.05, 3.63) is 56.0 Å². The second-order valence-electron chi connectivity index (χ2n) is 6.32. The van der Waals surface area contributed by atoms with Crippen LogP contribution in [0.25, 0.3) is 11.4 Å². The molecule has 0 fully saturated rings. The van der Waals surface area contributed by atoms with Crippen LogP contribution in [0.1, 0.15) is 36.8 Å². The van der Waals surface area contributed by atoms with Crippen LogP contribution in [0.4, 0.5) is 0 Å². The van der Waals surface area contributed by atoms with Gasteiger partial charge in [-0.2, -0.15) is 14.9 Å². The molecule has 0 saturated carbocycles. The van der Waals surface area contributed by atoms with Crippen molar-refractivity contribution in [1.82, 2.24) is 19.4 Å². The third-order valence-electron chi connectivity index (χ3n) is 4.17. The van der Waals surface area contributed by atoms with Crippen LogP contribution in [0.5, 0.6) is 0 Å². The van der Waals surface area contributed by atoms with E-state index in [0.717, 1.165) is 11.3 Å². The van der Waals surface area contributed by atoms with Gasteiger partial charge in [-0.1, -0.05) is 23.2 Å². The zero-order valence-corrected chi connectivity index (χ0v) is 17.2. The lowest BCUT2D eigenvalue weighted by Gasteiger charge is -2.13.